The first kappa shape index (κ1) is 20.0. The van der Waals surface area contributed by atoms with Gasteiger partial charge in [0.25, 0.3) is 10.0 Å². The van der Waals surface area contributed by atoms with E-state index in [0.29, 0.717) is 30.2 Å². The predicted molar refractivity (Wildman–Crippen MR) is 116 cm³/mol. The van der Waals surface area contributed by atoms with Crippen LogP contribution in [0.25, 0.3) is 0 Å². The van der Waals surface area contributed by atoms with Gasteiger partial charge in [0.1, 0.15) is 11.5 Å². The van der Waals surface area contributed by atoms with E-state index < -0.39 is 10.0 Å². The number of benzene rings is 3. The highest BCUT2D eigenvalue weighted by Crippen LogP contribution is 2.26. The number of para-hydroxylation sites is 1. The van der Waals surface area contributed by atoms with Crippen LogP contribution < -0.4 is 14.4 Å². The lowest BCUT2D eigenvalue weighted by Crippen LogP contribution is -2.35. The fourth-order valence-corrected chi connectivity index (χ4v) is 4.37. The van der Waals surface area contributed by atoms with Crippen LogP contribution in [0.4, 0.5) is 11.4 Å². The third kappa shape index (κ3) is 4.63. The van der Waals surface area contributed by atoms with Gasteiger partial charge < -0.3 is 9.64 Å². The molecule has 1 amide bonds. The highest BCUT2D eigenvalue weighted by molar-refractivity contribution is 7.92. The Morgan fingerprint density at radius 1 is 0.800 bits per heavy atom. The first-order valence-electron chi connectivity index (χ1n) is 9.77. The highest BCUT2D eigenvalue weighted by atomic mass is 32.2. The van der Waals surface area contributed by atoms with Crippen LogP contribution >= 0.6 is 0 Å². The Balaban J connectivity index is 1.44. The minimum Gasteiger partial charge on any atom is -0.457 e. The third-order valence-electron chi connectivity index (χ3n) is 4.87. The quantitative estimate of drug-likeness (QED) is 0.619. The number of rotatable bonds is 6. The van der Waals surface area contributed by atoms with Crippen LogP contribution in [0.3, 0.4) is 0 Å². The summed E-state index contributed by atoms with van der Waals surface area (Å²) >= 11 is 0. The Morgan fingerprint density at radius 3 is 2.13 bits per heavy atom. The van der Waals surface area contributed by atoms with Gasteiger partial charge in [0.15, 0.2) is 0 Å². The zero-order valence-electron chi connectivity index (χ0n) is 16.3. The largest absolute Gasteiger partial charge is 0.457 e. The number of carbonyl (C=O) groups is 1. The molecule has 3 aromatic carbocycles. The van der Waals surface area contributed by atoms with Crippen LogP contribution in [0.15, 0.2) is 83.8 Å². The van der Waals surface area contributed by atoms with Crippen molar-refractivity contribution < 1.29 is 17.9 Å². The molecule has 0 aliphatic carbocycles. The monoisotopic (exact) mass is 422 g/mol. The van der Waals surface area contributed by atoms with Crippen molar-refractivity contribution in [3.63, 3.8) is 0 Å². The lowest BCUT2D eigenvalue weighted by molar-refractivity contribution is -0.119. The molecular weight excluding hydrogens is 400 g/mol. The van der Waals surface area contributed by atoms with Gasteiger partial charge in [0, 0.05) is 24.3 Å². The standard InChI is InChI=1S/C23H22N2O4S/c26-23-8-4-5-17-25(23)19-11-15-22(16-12-19)30(27,28)24-18-9-13-21(14-10-18)29-20-6-2-1-3-7-20/h1-3,6-7,9-16,24H,4-5,8,17H2. The van der Waals surface area contributed by atoms with E-state index in [9.17, 15) is 13.2 Å². The van der Waals surface area contributed by atoms with Crippen molar-refractivity contribution in [3.05, 3.63) is 78.9 Å². The summed E-state index contributed by atoms with van der Waals surface area (Å²) in [6.45, 7) is 0.667. The predicted octanol–water partition coefficient (Wildman–Crippen LogP) is 4.80. The van der Waals surface area contributed by atoms with Crippen LogP contribution in [0.2, 0.25) is 0 Å². The molecule has 0 spiro atoms. The highest BCUT2D eigenvalue weighted by Gasteiger charge is 2.21. The zero-order chi connectivity index (χ0) is 21.0. The van der Waals surface area contributed by atoms with E-state index in [2.05, 4.69) is 4.72 Å². The minimum atomic E-state index is -3.74. The Kier molecular flexibility index (Phi) is 5.72. The number of anilines is 2. The van der Waals surface area contributed by atoms with E-state index in [0.717, 1.165) is 18.5 Å². The maximum atomic E-state index is 12.7. The van der Waals surface area contributed by atoms with Crippen molar-refractivity contribution in [2.45, 2.75) is 24.2 Å². The van der Waals surface area contributed by atoms with E-state index >= 15 is 0 Å². The first-order valence-corrected chi connectivity index (χ1v) is 11.3. The second-order valence-electron chi connectivity index (χ2n) is 7.04. The second kappa shape index (κ2) is 8.59. The zero-order valence-corrected chi connectivity index (χ0v) is 17.1. The van der Waals surface area contributed by atoms with Crippen LogP contribution in [0, 0.1) is 0 Å². The molecule has 0 saturated carbocycles. The number of amides is 1. The molecule has 1 aliphatic rings. The number of sulfonamides is 1. The second-order valence-corrected chi connectivity index (χ2v) is 8.72. The molecule has 3 aromatic rings. The molecule has 0 bridgehead atoms. The van der Waals surface area contributed by atoms with Crippen LogP contribution in [-0.2, 0) is 14.8 Å². The molecular formula is C23H22N2O4S. The van der Waals surface area contributed by atoms with Gasteiger partial charge in [-0.25, -0.2) is 8.42 Å². The number of ether oxygens (including phenoxy) is 1. The lowest BCUT2D eigenvalue weighted by Gasteiger charge is -2.26. The fourth-order valence-electron chi connectivity index (χ4n) is 3.31. The molecule has 1 heterocycles. The smallest absolute Gasteiger partial charge is 0.261 e. The molecule has 1 saturated heterocycles. The number of hydrogen-bond acceptors (Lipinski definition) is 4. The van der Waals surface area contributed by atoms with E-state index in [1.807, 2.05) is 30.3 Å². The topological polar surface area (TPSA) is 75.7 Å². The van der Waals surface area contributed by atoms with Crippen LogP contribution in [-0.4, -0.2) is 20.9 Å². The lowest BCUT2D eigenvalue weighted by atomic mass is 10.1. The number of nitrogens with zero attached hydrogens (tertiary/aromatic N) is 1. The number of piperidine rings is 1. The van der Waals surface area contributed by atoms with Gasteiger partial charge in [-0.1, -0.05) is 18.2 Å². The SMILES string of the molecule is O=C1CCCCN1c1ccc(S(=O)(=O)Nc2ccc(Oc3ccccc3)cc2)cc1. The number of hydrogen-bond donors (Lipinski definition) is 1. The van der Waals surface area contributed by atoms with Gasteiger partial charge in [-0.3, -0.25) is 9.52 Å². The molecule has 4 rings (SSSR count). The number of carbonyl (C=O) groups excluding carboxylic acids is 1. The molecule has 1 aliphatic heterocycles. The van der Waals surface area contributed by atoms with Gasteiger partial charge >= 0.3 is 0 Å². The molecule has 1 N–H and O–H groups in total. The Bertz CT molecular complexity index is 1110. The van der Waals surface area contributed by atoms with Crippen LogP contribution in [0.5, 0.6) is 11.5 Å². The van der Waals surface area contributed by atoms with Crippen molar-refractivity contribution in [2.75, 3.05) is 16.2 Å². The summed E-state index contributed by atoms with van der Waals surface area (Å²) in [5.41, 5.74) is 1.16. The maximum Gasteiger partial charge on any atom is 0.261 e. The van der Waals surface area contributed by atoms with Gasteiger partial charge in [0.2, 0.25) is 5.91 Å². The maximum absolute atomic E-state index is 12.7. The Morgan fingerprint density at radius 2 is 1.47 bits per heavy atom. The van der Waals surface area contributed by atoms with Crippen molar-refractivity contribution in [3.8, 4) is 11.5 Å². The molecule has 1 fully saturated rings. The van der Waals surface area contributed by atoms with E-state index in [1.54, 1.807) is 41.3 Å². The van der Waals surface area contributed by atoms with E-state index in [-0.39, 0.29) is 10.8 Å². The molecule has 154 valence electrons. The van der Waals surface area contributed by atoms with Gasteiger partial charge in [-0.05, 0) is 73.5 Å². The Hall–Kier alpha value is -3.32. The minimum absolute atomic E-state index is 0.0767. The first-order chi connectivity index (χ1) is 14.5. The number of nitrogens with one attached hydrogen (secondary N) is 1. The van der Waals surface area contributed by atoms with Crippen molar-refractivity contribution >= 4 is 27.3 Å². The summed E-state index contributed by atoms with van der Waals surface area (Å²) in [5, 5.41) is 0. The molecule has 0 aromatic heterocycles. The molecule has 6 nitrogen and oxygen atoms in total. The van der Waals surface area contributed by atoms with E-state index in [1.165, 1.54) is 12.1 Å². The van der Waals surface area contributed by atoms with Crippen molar-refractivity contribution in [1.82, 2.24) is 0 Å². The normalized spacial score (nSPS) is 14.4. The Labute approximate surface area is 176 Å². The fraction of sp³-hybridized carbons (Fsp3) is 0.174. The molecule has 30 heavy (non-hydrogen) atoms. The van der Waals surface area contributed by atoms with Crippen molar-refractivity contribution in [2.24, 2.45) is 0 Å². The van der Waals surface area contributed by atoms with Gasteiger partial charge in [-0.2, -0.15) is 0 Å². The third-order valence-corrected chi connectivity index (χ3v) is 6.26. The molecule has 7 heteroatoms. The van der Waals surface area contributed by atoms with Gasteiger partial charge in [0.05, 0.1) is 4.90 Å². The average Bonchev–Trinajstić information content (AvgIpc) is 2.76. The average molecular weight is 423 g/mol. The van der Waals surface area contributed by atoms with Crippen LogP contribution in [0.1, 0.15) is 19.3 Å². The molecule has 0 atom stereocenters. The van der Waals surface area contributed by atoms with Gasteiger partial charge in [-0.15, -0.1) is 0 Å². The summed E-state index contributed by atoms with van der Waals surface area (Å²) < 4.78 is 33.7. The molecule has 0 unspecified atom stereocenters. The van der Waals surface area contributed by atoms with Crippen molar-refractivity contribution in [1.29, 1.82) is 0 Å². The van der Waals surface area contributed by atoms with E-state index in [4.69, 9.17) is 4.74 Å². The summed E-state index contributed by atoms with van der Waals surface area (Å²) in [6, 6.07) is 22.5. The molecule has 0 radical (unpaired) electrons. The summed E-state index contributed by atoms with van der Waals surface area (Å²) in [5.74, 6) is 1.39. The summed E-state index contributed by atoms with van der Waals surface area (Å²) in [6.07, 6.45) is 2.39. The summed E-state index contributed by atoms with van der Waals surface area (Å²) in [7, 11) is -3.74. The summed E-state index contributed by atoms with van der Waals surface area (Å²) in [4.78, 5) is 13.9.